The number of carbonyl (C=O) groups excluding carboxylic acids is 1. The summed E-state index contributed by atoms with van der Waals surface area (Å²) in [5.41, 5.74) is 3.39. The van der Waals surface area contributed by atoms with Crippen molar-refractivity contribution in [3.63, 3.8) is 0 Å². The number of esters is 1. The molecule has 0 saturated heterocycles. The van der Waals surface area contributed by atoms with Gasteiger partial charge in [-0.2, -0.15) is 0 Å². The number of fused-ring (bicyclic) bond motifs is 1. The van der Waals surface area contributed by atoms with Gasteiger partial charge in [-0.3, -0.25) is 9.36 Å². The highest BCUT2D eigenvalue weighted by Crippen LogP contribution is 2.36. The van der Waals surface area contributed by atoms with Crippen molar-refractivity contribution in [1.29, 1.82) is 0 Å². The van der Waals surface area contributed by atoms with Crippen LogP contribution in [0.1, 0.15) is 43.5 Å². The Labute approximate surface area is 207 Å². The molecule has 0 N–H and O–H groups in total. The predicted molar refractivity (Wildman–Crippen MR) is 136 cm³/mol. The molecule has 8 heteroatoms. The molecule has 182 valence electrons. The van der Waals surface area contributed by atoms with Gasteiger partial charge < -0.3 is 14.2 Å². The lowest BCUT2D eigenvalue weighted by Crippen LogP contribution is -2.40. The molecule has 0 amide bonds. The van der Waals surface area contributed by atoms with E-state index in [1.807, 2.05) is 56.3 Å². The quantitative estimate of drug-likeness (QED) is 0.472. The third-order valence-electron chi connectivity index (χ3n) is 5.70. The molecule has 2 heterocycles. The number of nitrogens with zero attached hydrogens (tertiary/aromatic N) is 2. The Morgan fingerprint density at radius 1 is 1.09 bits per heavy atom. The Kier molecular flexibility index (Phi) is 7.21. The topological polar surface area (TPSA) is 79.1 Å². The van der Waals surface area contributed by atoms with Crippen molar-refractivity contribution in [3.8, 4) is 11.5 Å². The van der Waals surface area contributed by atoms with E-state index >= 15 is 0 Å². The smallest absolute Gasteiger partial charge is 0.338 e. The molecule has 1 atom stereocenters. The highest BCUT2D eigenvalue weighted by molar-refractivity contribution is 7.07. The summed E-state index contributed by atoms with van der Waals surface area (Å²) < 4.78 is 18.7. The van der Waals surface area contributed by atoms with Gasteiger partial charge in [0.05, 0.1) is 42.2 Å². The molecule has 0 bridgehead atoms. The summed E-state index contributed by atoms with van der Waals surface area (Å²) in [6.45, 7) is 8.08. The number of ether oxygens (including phenoxy) is 3. The Hall–Kier alpha value is -3.65. The van der Waals surface area contributed by atoms with Gasteiger partial charge in [-0.1, -0.05) is 47.2 Å². The molecule has 1 aliphatic heterocycles. The normalized spacial score (nSPS) is 15.5. The van der Waals surface area contributed by atoms with E-state index in [0.717, 1.165) is 11.1 Å². The second kappa shape index (κ2) is 10.3. The third-order valence-corrected chi connectivity index (χ3v) is 6.68. The first kappa shape index (κ1) is 24.5. The number of carbonyl (C=O) groups is 1. The first-order valence-corrected chi connectivity index (χ1v) is 12.3. The predicted octanol–water partition coefficient (Wildman–Crippen LogP) is 3.51. The van der Waals surface area contributed by atoms with E-state index in [4.69, 9.17) is 14.2 Å². The van der Waals surface area contributed by atoms with Gasteiger partial charge in [-0.25, -0.2) is 9.79 Å². The molecule has 0 saturated carbocycles. The fourth-order valence-corrected chi connectivity index (χ4v) is 5.10. The van der Waals surface area contributed by atoms with Gasteiger partial charge in [0.25, 0.3) is 5.56 Å². The molecule has 0 aliphatic carbocycles. The number of allylic oxidation sites excluding steroid dienone is 1. The van der Waals surface area contributed by atoms with Crippen LogP contribution >= 0.6 is 11.3 Å². The molecule has 2 aromatic carbocycles. The van der Waals surface area contributed by atoms with Crippen LogP contribution in [0.2, 0.25) is 0 Å². The summed E-state index contributed by atoms with van der Waals surface area (Å²) in [4.78, 5) is 31.9. The highest BCUT2D eigenvalue weighted by Gasteiger charge is 2.33. The van der Waals surface area contributed by atoms with Crippen LogP contribution in [-0.4, -0.2) is 30.9 Å². The van der Waals surface area contributed by atoms with E-state index in [2.05, 4.69) is 4.99 Å². The lowest BCUT2D eigenvalue weighted by atomic mass is 9.95. The second-order valence-corrected chi connectivity index (χ2v) is 9.07. The van der Waals surface area contributed by atoms with E-state index in [1.165, 1.54) is 11.3 Å². The van der Waals surface area contributed by atoms with Gasteiger partial charge in [-0.05, 0) is 57.0 Å². The monoisotopic (exact) mass is 492 g/mol. The average Bonchev–Trinajstić information content (AvgIpc) is 3.14. The van der Waals surface area contributed by atoms with Crippen LogP contribution in [0.3, 0.4) is 0 Å². The number of rotatable bonds is 7. The van der Waals surface area contributed by atoms with E-state index in [-0.39, 0.29) is 12.2 Å². The van der Waals surface area contributed by atoms with E-state index in [0.29, 0.717) is 44.3 Å². The minimum Gasteiger partial charge on any atom is -0.493 e. The maximum Gasteiger partial charge on any atom is 0.338 e. The number of hydrogen-bond donors (Lipinski definition) is 0. The van der Waals surface area contributed by atoms with Gasteiger partial charge >= 0.3 is 5.97 Å². The number of thiazole rings is 1. The van der Waals surface area contributed by atoms with Crippen molar-refractivity contribution in [2.45, 2.75) is 33.7 Å². The molecule has 0 unspecified atom stereocenters. The highest BCUT2D eigenvalue weighted by atomic mass is 32.1. The minimum absolute atomic E-state index is 0.215. The van der Waals surface area contributed by atoms with Gasteiger partial charge in [0.15, 0.2) is 16.3 Å². The molecule has 35 heavy (non-hydrogen) atoms. The van der Waals surface area contributed by atoms with Gasteiger partial charge in [-0.15, -0.1) is 0 Å². The van der Waals surface area contributed by atoms with Crippen LogP contribution in [-0.2, 0) is 9.53 Å². The number of aryl methyl sites for hydroxylation is 1. The molecule has 4 rings (SSSR count). The lowest BCUT2D eigenvalue weighted by molar-refractivity contribution is -0.139. The average molecular weight is 493 g/mol. The van der Waals surface area contributed by atoms with E-state index < -0.39 is 12.0 Å². The van der Waals surface area contributed by atoms with Gasteiger partial charge in [0.1, 0.15) is 0 Å². The fourth-order valence-electron chi connectivity index (χ4n) is 4.05. The van der Waals surface area contributed by atoms with Crippen LogP contribution in [0, 0.1) is 6.92 Å². The van der Waals surface area contributed by atoms with Crippen LogP contribution in [0.15, 0.2) is 63.5 Å². The molecule has 3 aromatic rings. The maximum absolute atomic E-state index is 13.7. The Morgan fingerprint density at radius 2 is 1.83 bits per heavy atom. The fraction of sp³-hybridized carbons (Fsp3) is 0.296. The number of aromatic nitrogens is 1. The second-order valence-electron chi connectivity index (χ2n) is 8.06. The SMILES string of the molecule is CCOC(=O)C1=C(C)N=c2sc(=Cc3ccc(C)cc3)c(=O)n2[C@@H]1c1ccc(OC)c(OCC)c1. The van der Waals surface area contributed by atoms with Gasteiger partial charge in [0.2, 0.25) is 0 Å². The zero-order chi connectivity index (χ0) is 25.1. The van der Waals surface area contributed by atoms with Crippen molar-refractivity contribution in [2.75, 3.05) is 20.3 Å². The number of benzene rings is 2. The summed E-state index contributed by atoms with van der Waals surface area (Å²) in [6, 6.07) is 12.7. The lowest BCUT2D eigenvalue weighted by Gasteiger charge is -2.25. The Bertz CT molecular complexity index is 1460. The van der Waals surface area contributed by atoms with Crippen LogP contribution in [0.4, 0.5) is 0 Å². The van der Waals surface area contributed by atoms with Crippen molar-refractivity contribution in [3.05, 3.63) is 90.1 Å². The van der Waals surface area contributed by atoms with Crippen molar-refractivity contribution in [1.82, 2.24) is 4.57 Å². The maximum atomic E-state index is 13.7. The van der Waals surface area contributed by atoms with Crippen LogP contribution in [0.25, 0.3) is 6.08 Å². The largest absolute Gasteiger partial charge is 0.493 e. The summed E-state index contributed by atoms with van der Waals surface area (Å²) in [5.74, 6) is 0.605. The van der Waals surface area contributed by atoms with E-state index in [1.54, 1.807) is 31.6 Å². The molecule has 7 nitrogen and oxygen atoms in total. The Balaban J connectivity index is 1.96. The molecule has 1 aromatic heterocycles. The first-order valence-electron chi connectivity index (χ1n) is 11.4. The summed E-state index contributed by atoms with van der Waals surface area (Å²) >= 11 is 1.30. The first-order chi connectivity index (χ1) is 16.9. The summed E-state index contributed by atoms with van der Waals surface area (Å²) in [6.07, 6.45) is 1.85. The van der Waals surface area contributed by atoms with Crippen LogP contribution < -0.4 is 24.4 Å². The zero-order valence-corrected chi connectivity index (χ0v) is 21.3. The molecule has 0 spiro atoms. The van der Waals surface area contributed by atoms with E-state index in [9.17, 15) is 9.59 Å². The van der Waals surface area contributed by atoms with Crippen molar-refractivity contribution in [2.24, 2.45) is 4.99 Å². The molecular weight excluding hydrogens is 464 g/mol. The molecule has 1 aliphatic rings. The minimum atomic E-state index is -0.712. The summed E-state index contributed by atoms with van der Waals surface area (Å²) in [7, 11) is 1.57. The van der Waals surface area contributed by atoms with Gasteiger partial charge in [0, 0.05) is 0 Å². The Morgan fingerprint density at radius 3 is 2.49 bits per heavy atom. The molecular formula is C27H28N2O5S. The molecule has 0 radical (unpaired) electrons. The number of methoxy groups -OCH3 is 1. The summed E-state index contributed by atoms with van der Waals surface area (Å²) in [5, 5.41) is 0. The molecule has 0 fully saturated rings. The zero-order valence-electron chi connectivity index (χ0n) is 20.5. The standard InChI is InChI=1S/C27H28N2O5S/c1-6-33-21-15-19(12-13-20(21)32-5)24-23(26(31)34-7-2)17(4)28-27-29(24)25(30)22(35-27)14-18-10-8-16(3)9-11-18/h8-15,24H,6-7H2,1-5H3/t24-/m1/s1. The third kappa shape index (κ3) is 4.79. The van der Waals surface area contributed by atoms with Crippen molar-refractivity contribution >= 4 is 23.4 Å². The van der Waals surface area contributed by atoms with Crippen molar-refractivity contribution < 1.29 is 19.0 Å². The number of hydrogen-bond acceptors (Lipinski definition) is 7. The van der Waals surface area contributed by atoms with Crippen LogP contribution in [0.5, 0.6) is 11.5 Å².